The van der Waals surface area contributed by atoms with Crippen molar-refractivity contribution < 1.29 is 9.90 Å². The summed E-state index contributed by atoms with van der Waals surface area (Å²) in [4.78, 5) is 14.5. The fourth-order valence-electron chi connectivity index (χ4n) is 4.83. The highest BCUT2D eigenvalue weighted by atomic mass is 16.3. The van der Waals surface area contributed by atoms with Crippen LogP contribution in [0, 0.1) is 23.2 Å². The summed E-state index contributed by atoms with van der Waals surface area (Å²) in [6, 6.07) is 0. The number of carbonyl (C=O) groups excluding carboxylic acids is 1. The number of likely N-dealkylation sites (tertiary alicyclic amines) is 1. The van der Waals surface area contributed by atoms with Gasteiger partial charge in [0.05, 0.1) is 0 Å². The first-order valence-corrected chi connectivity index (χ1v) is 8.54. The molecule has 20 heavy (non-hydrogen) atoms. The SMILES string of the molecule is CCC1(CO)CCN(C(=O)CC2CC3CCC2C3)CC1. The molecule has 3 nitrogen and oxygen atoms in total. The van der Waals surface area contributed by atoms with E-state index in [-0.39, 0.29) is 12.0 Å². The highest BCUT2D eigenvalue weighted by Crippen LogP contribution is 2.49. The molecule has 3 atom stereocenters. The van der Waals surface area contributed by atoms with E-state index in [1.54, 1.807) is 0 Å². The first kappa shape index (κ1) is 14.4. The summed E-state index contributed by atoms with van der Waals surface area (Å²) in [5.41, 5.74) is 0.0865. The molecule has 0 aromatic carbocycles. The second-order valence-electron chi connectivity index (χ2n) is 7.53. The molecular formula is C17H29NO2. The van der Waals surface area contributed by atoms with Crippen LogP contribution in [0.4, 0.5) is 0 Å². The van der Waals surface area contributed by atoms with Gasteiger partial charge in [-0.2, -0.15) is 0 Å². The Balaban J connectivity index is 1.49. The Bertz CT molecular complexity index is 354. The van der Waals surface area contributed by atoms with Gasteiger partial charge in [0.15, 0.2) is 0 Å². The summed E-state index contributed by atoms with van der Waals surface area (Å²) in [7, 11) is 0. The molecule has 0 spiro atoms. The molecule has 0 aromatic rings. The summed E-state index contributed by atoms with van der Waals surface area (Å²) in [5.74, 6) is 2.84. The van der Waals surface area contributed by atoms with Crippen molar-refractivity contribution >= 4 is 5.91 Å². The number of hydrogen-bond acceptors (Lipinski definition) is 2. The summed E-state index contributed by atoms with van der Waals surface area (Å²) >= 11 is 0. The number of fused-ring (bicyclic) bond motifs is 2. The molecule has 1 N–H and O–H groups in total. The van der Waals surface area contributed by atoms with Crippen LogP contribution in [0.25, 0.3) is 0 Å². The Labute approximate surface area is 122 Å². The predicted molar refractivity (Wildman–Crippen MR) is 79.2 cm³/mol. The first-order chi connectivity index (χ1) is 9.65. The van der Waals surface area contributed by atoms with Crippen molar-refractivity contribution in [2.75, 3.05) is 19.7 Å². The van der Waals surface area contributed by atoms with Crippen molar-refractivity contribution in [2.24, 2.45) is 23.2 Å². The van der Waals surface area contributed by atoms with Gasteiger partial charge in [0, 0.05) is 26.1 Å². The van der Waals surface area contributed by atoms with Crippen LogP contribution < -0.4 is 0 Å². The minimum absolute atomic E-state index is 0.0865. The number of carbonyl (C=O) groups is 1. The molecule has 114 valence electrons. The zero-order chi connectivity index (χ0) is 14.2. The van der Waals surface area contributed by atoms with Gasteiger partial charge in [-0.1, -0.05) is 13.3 Å². The van der Waals surface area contributed by atoms with Crippen molar-refractivity contribution in [3.63, 3.8) is 0 Å². The van der Waals surface area contributed by atoms with Crippen LogP contribution in [-0.4, -0.2) is 35.6 Å². The number of aliphatic hydroxyl groups excluding tert-OH is 1. The molecule has 1 amide bonds. The summed E-state index contributed by atoms with van der Waals surface area (Å²) < 4.78 is 0. The van der Waals surface area contributed by atoms with E-state index in [4.69, 9.17) is 0 Å². The minimum Gasteiger partial charge on any atom is -0.396 e. The Morgan fingerprint density at radius 2 is 2.00 bits per heavy atom. The van der Waals surface area contributed by atoms with Crippen molar-refractivity contribution in [1.82, 2.24) is 4.90 Å². The highest BCUT2D eigenvalue weighted by molar-refractivity contribution is 5.76. The van der Waals surface area contributed by atoms with Gasteiger partial charge in [0.1, 0.15) is 0 Å². The summed E-state index contributed by atoms with van der Waals surface area (Å²) in [6.45, 7) is 4.14. The monoisotopic (exact) mass is 279 g/mol. The van der Waals surface area contributed by atoms with Crippen molar-refractivity contribution in [2.45, 2.75) is 58.3 Å². The van der Waals surface area contributed by atoms with Gasteiger partial charge in [0.2, 0.25) is 5.91 Å². The molecule has 2 bridgehead atoms. The van der Waals surface area contributed by atoms with Crippen LogP contribution in [0.2, 0.25) is 0 Å². The van der Waals surface area contributed by atoms with Crippen LogP contribution in [0.5, 0.6) is 0 Å². The maximum atomic E-state index is 12.5. The molecule has 0 aromatic heterocycles. The largest absolute Gasteiger partial charge is 0.396 e. The van der Waals surface area contributed by atoms with Crippen LogP contribution in [0.15, 0.2) is 0 Å². The zero-order valence-corrected chi connectivity index (χ0v) is 12.8. The number of nitrogens with zero attached hydrogens (tertiary/aromatic N) is 1. The molecule has 1 aliphatic heterocycles. The molecule has 2 saturated carbocycles. The molecule has 1 heterocycles. The van der Waals surface area contributed by atoms with E-state index >= 15 is 0 Å². The van der Waals surface area contributed by atoms with E-state index in [2.05, 4.69) is 11.8 Å². The number of aliphatic hydroxyl groups is 1. The van der Waals surface area contributed by atoms with Gasteiger partial charge < -0.3 is 10.0 Å². The maximum absolute atomic E-state index is 12.5. The third kappa shape index (κ3) is 2.61. The van der Waals surface area contributed by atoms with E-state index in [1.165, 1.54) is 25.7 Å². The fraction of sp³-hybridized carbons (Fsp3) is 0.941. The third-order valence-corrected chi connectivity index (χ3v) is 6.58. The Morgan fingerprint density at radius 1 is 1.25 bits per heavy atom. The molecule has 3 fully saturated rings. The number of piperidine rings is 1. The topological polar surface area (TPSA) is 40.5 Å². The first-order valence-electron chi connectivity index (χ1n) is 8.54. The number of rotatable bonds is 4. The maximum Gasteiger partial charge on any atom is 0.222 e. The lowest BCUT2D eigenvalue weighted by molar-refractivity contribution is -0.135. The highest BCUT2D eigenvalue weighted by Gasteiger charge is 2.41. The number of amides is 1. The van der Waals surface area contributed by atoms with E-state index in [1.807, 2.05) is 0 Å². The van der Waals surface area contributed by atoms with Crippen molar-refractivity contribution in [3.8, 4) is 0 Å². The fourth-order valence-corrected chi connectivity index (χ4v) is 4.83. The van der Waals surface area contributed by atoms with Gasteiger partial charge in [-0.15, -0.1) is 0 Å². The molecule has 0 radical (unpaired) electrons. The van der Waals surface area contributed by atoms with E-state index < -0.39 is 0 Å². The average Bonchev–Trinajstić information content (AvgIpc) is 3.10. The van der Waals surface area contributed by atoms with Gasteiger partial charge in [-0.25, -0.2) is 0 Å². The molecular weight excluding hydrogens is 250 g/mol. The minimum atomic E-state index is 0.0865. The van der Waals surface area contributed by atoms with Gasteiger partial charge in [-0.05, 0) is 61.7 Å². The van der Waals surface area contributed by atoms with E-state index in [9.17, 15) is 9.90 Å². The smallest absolute Gasteiger partial charge is 0.222 e. The van der Waals surface area contributed by atoms with Crippen LogP contribution in [0.1, 0.15) is 58.3 Å². The Morgan fingerprint density at radius 3 is 2.50 bits per heavy atom. The molecule has 3 unspecified atom stereocenters. The summed E-state index contributed by atoms with van der Waals surface area (Å²) in [5, 5.41) is 9.56. The van der Waals surface area contributed by atoms with Gasteiger partial charge in [0.25, 0.3) is 0 Å². The van der Waals surface area contributed by atoms with Crippen molar-refractivity contribution in [3.05, 3.63) is 0 Å². The Kier molecular flexibility index (Phi) is 4.07. The zero-order valence-electron chi connectivity index (χ0n) is 12.8. The standard InChI is InChI=1S/C17H29NO2/c1-2-17(12-19)5-7-18(8-6-17)16(20)11-15-10-13-3-4-14(15)9-13/h13-15,19H,2-12H2,1H3. The Hall–Kier alpha value is -0.570. The molecule has 3 aliphatic rings. The lowest BCUT2D eigenvalue weighted by atomic mass is 9.77. The van der Waals surface area contributed by atoms with Crippen molar-refractivity contribution in [1.29, 1.82) is 0 Å². The van der Waals surface area contributed by atoms with Gasteiger partial charge >= 0.3 is 0 Å². The third-order valence-electron chi connectivity index (χ3n) is 6.58. The molecule has 3 heteroatoms. The molecule has 3 rings (SSSR count). The van der Waals surface area contributed by atoms with Crippen LogP contribution in [-0.2, 0) is 4.79 Å². The molecule has 1 saturated heterocycles. The molecule has 2 aliphatic carbocycles. The quantitative estimate of drug-likeness (QED) is 0.859. The second-order valence-corrected chi connectivity index (χ2v) is 7.53. The van der Waals surface area contributed by atoms with E-state index in [0.29, 0.717) is 11.8 Å². The average molecular weight is 279 g/mol. The predicted octanol–water partition coefficient (Wildman–Crippen LogP) is 2.82. The lowest BCUT2D eigenvalue weighted by Crippen LogP contribution is -2.45. The van der Waals surface area contributed by atoms with Crippen LogP contribution >= 0.6 is 0 Å². The van der Waals surface area contributed by atoms with Crippen LogP contribution in [0.3, 0.4) is 0 Å². The normalized spacial score (nSPS) is 35.5. The number of hydrogen-bond donors (Lipinski definition) is 1. The second kappa shape index (κ2) is 5.67. The van der Waals surface area contributed by atoms with Gasteiger partial charge in [-0.3, -0.25) is 4.79 Å². The van der Waals surface area contributed by atoms with E-state index in [0.717, 1.165) is 50.6 Å². The summed E-state index contributed by atoms with van der Waals surface area (Å²) in [6.07, 6.45) is 9.24. The lowest BCUT2D eigenvalue weighted by Gasteiger charge is -2.40.